The number of carboxylic acids is 1. The first-order chi connectivity index (χ1) is 14.9. The summed E-state index contributed by atoms with van der Waals surface area (Å²) < 4.78 is 33.6. The molecular formula is C24H42O6S. The van der Waals surface area contributed by atoms with Crippen LogP contribution in [0, 0.1) is 11.8 Å². The zero-order valence-electron chi connectivity index (χ0n) is 19.2. The number of carbonyl (C=O) groups is 1. The predicted molar refractivity (Wildman–Crippen MR) is 125 cm³/mol. The number of hydrogen-bond acceptors (Lipinski definition) is 4. The van der Waals surface area contributed by atoms with E-state index in [1.807, 2.05) is 0 Å². The monoisotopic (exact) mass is 458 g/mol. The van der Waals surface area contributed by atoms with E-state index in [-0.39, 0.29) is 0 Å². The molecule has 0 amide bonds. The number of hydrogen-bond donors (Lipinski definition) is 2. The molecule has 6 nitrogen and oxygen atoms in total. The number of aliphatic carboxylic acids is 1. The lowest BCUT2D eigenvalue weighted by Crippen LogP contribution is -2.25. The third-order valence-corrected chi connectivity index (χ3v) is 5.42. The zero-order valence-corrected chi connectivity index (χ0v) is 20.0. The predicted octanol–water partition coefficient (Wildman–Crippen LogP) is 6.47. The van der Waals surface area contributed by atoms with Crippen LogP contribution in [0.5, 0.6) is 0 Å². The molecule has 0 spiro atoms. The van der Waals surface area contributed by atoms with Gasteiger partial charge in [-0.05, 0) is 32.1 Å². The van der Waals surface area contributed by atoms with Crippen LogP contribution in [-0.2, 0) is 19.4 Å². The molecule has 0 saturated carbocycles. The quantitative estimate of drug-likeness (QED) is 0.0938. The van der Waals surface area contributed by atoms with Crippen LogP contribution < -0.4 is 0 Å². The Morgan fingerprint density at radius 3 is 1.74 bits per heavy atom. The van der Waals surface area contributed by atoms with E-state index in [0.717, 1.165) is 19.3 Å². The molecule has 0 aromatic rings. The van der Waals surface area contributed by atoms with Gasteiger partial charge >= 0.3 is 16.4 Å². The highest BCUT2D eigenvalue weighted by Gasteiger charge is 2.21. The van der Waals surface area contributed by atoms with Crippen LogP contribution in [0.25, 0.3) is 0 Å². The van der Waals surface area contributed by atoms with Gasteiger partial charge in [0.1, 0.15) is 0 Å². The van der Waals surface area contributed by atoms with Gasteiger partial charge in [-0.1, -0.05) is 102 Å². The smallest absolute Gasteiger partial charge is 0.399 e. The first kappa shape index (κ1) is 29.6. The standard InChI is InChI=1S/C24H42O6S/c1-2-3-4-5-6-7-8-9-10-11-12-13-14-15-16-17-18-19-20-21-22-23(24(25)26)30-31(27,28)29/h7-8,23H,2-6,9-20H2,1H3,(H,25,26)(H,27,28,29). The lowest BCUT2D eigenvalue weighted by atomic mass is 10.0. The van der Waals surface area contributed by atoms with Gasteiger partial charge in [0.15, 0.2) is 0 Å². The Kier molecular flexibility index (Phi) is 19.6. The second-order valence-corrected chi connectivity index (χ2v) is 9.01. The Bertz CT molecular complexity index is 630. The van der Waals surface area contributed by atoms with Crippen molar-refractivity contribution in [2.24, 2.45) is 0 Å². The largest absolute Gasteiger partial charge is 0.479 e. The van der Waals surface area contributed by atoms with Crippen molar-refractivity contribution in [3.05, 3.63) is 12.2 Å². The molecule has 2 N–H and O–H groups in total. The minimum absolute atomic E-state index is 0.478. The number of allylic oxidation sites excluding steroid dienone is 2. The molecule has 0 bridgehead atoms. The van der Waals surface area contributed by atoms with Gasteiger partial charge in [0.05, 0.1) is 0 Å². The summed E-state index contributed by atoms with van der Waals surface area (Å²) in [5.41, 5.74) is 0. The molecule has 0 rings (SSSR count). The van der Waals surface area contributed by atoms with Crippen molar-refractivity contribution >= 4 is 16.4 Å². The van der Waals surface area contributed by atoms with E-state index in [4.69, 9.17) is 9.66 Å². The van der Waals surface area contributed by atoms with Gasteiger partial charge in [0.2, 0.25) is 6.10 Å². The Morgan fingerprint density at radius 2 is 1.29 bits per heavy atom. The molecule has 0 aromatic carbocycles. The highest BCUT2D eigenvalue weighted by atomic mass is 32.3. The molecule has 1 atom stereocenters. The van der Waals surface area contributed by atoms with Crippen molar-refractivity contribution in [2.45, 2.75) is 122 Å². The van der Waals surface area contributed by atoms with Crippen molar-refractivity contribution in [3.8, 4) is 11.8 Å². The normalized spacial score (nSPS) is 12.6. The van der Waals surface area contributed by atoms with E-state index in [2.05, 4.69) is 35.1 Å². The van der Waals surface area contributed by atoms with E-state index < -0.39 is 22.5 Å². The van der Waals surface area contributed by atoms with Gasteiger partial charge in [0.25, 0.3) is 0 Å². The van der Waals surface area contributed by atoms with Gasteiger partial charge < -0.3 is 5.11 Å². The summed E-state index contributed by atoms with van der Waals surface area (Å²) in [7, 11) is -4.83. The fraction of sp³-hybridized carbons (Fsp3) is 0.792. The van der Waals surface area contributed by atoms with Crippen molar-refractivity contribution < 1.29 is 27.1 Å². The van der Waals surface area contributed by atoms with Crippen LogP contribution in [0.4, 0.5) is 0 Å². The molecule has 0 aliphatic carbocycles. The fourth-order valence-electron chi connectivity index (χ4n) is 3.23. The van der Waals surface area contributed by atoms with Gasteiger partial charge in [0, 0.05) is 6.42 Å². The van der Waals surface area contributed by atoms with Crippen molar-refractivity contribution in [1.82, 2.24) is 0 Å². The van der Waals surface area contributed by atoms with E-state index >= 15 is 0 Å². The Labute approximate surface area is 189 Å². The van der Waals surface area contributed by atoms with Crippen LogP contribution in [0.1, 0.15) is 116 Å². The summed E-state index contributed by atoms with van der Waals surface area (Å²) in [4.78, 5) is 10.8. The van der Waals surface area contributed by atoms with Gasteiger partial charge in [-0.2, -0.15) is 8.42 Å². The maximum atomic E-state index is 10.8. The van der Waals surface area contributed by atoms with Crippen LogP contribution in [0.15, 0.2) is 12.2 Å². The summed E-state index contributed by atoms with van der Waals surface area (Å²) in [5, 5.41) is 8.79. The van der Waals surface area contributed by atoms with Crippen molar-refractivity contribution in [1.29, 1.82) is 0 Å². The van der Waals surface area contributed by atoms with E-state index in [0.29, 0.717) is 6.42 Å². The maximum absolute atomic E-state index is 10.8. The number of carboxylic acid groups (broad SMARTS) is 1. The maximum Gasteiger partial charge on any atom is 0.399 e. The molecule has 0 aliphatic rings. The zero-order chi connectivity index (χ0) is 23.2. The highest BCUT2D eigenvalue weighted by Crippen LogP contribution is 2.12. The van der Waals surface area contributed by atoms with Crippen LogP contribution in [-0.4, -0.2) is 30.2 Å². The minimum Gasteiger partial charge on any atom is -0.479 e. The second-order valence-electron chi connectivity index (χ2n) is 7.96. The first-order valence-electron chi connectivity index (χ1n) is 11.9. The molecular weight excluding hydrogens is 416 g/mol. The summed E-state index contributed by atoms with van der Waals surface area (Å²) in [6, 6.07) is 0. The van der Waals surface area contributed by atoms with Crippen molar-refractivity contribution in [2.75, 3.05) is 0 Å². The lowest BCUT2D eigenvalue weighted by molar-refractivity contribution is -0.142. The molecule has 31 heavy (non-hydrogen) atoms. The Morgan fingerprint density at radius 1 is 0.839 bits per heavy atom. The number of unbranched alkanes of at least 4 members (excludes halogenated alkanes) is 15. The third kappa shape index (κ3) is 23.1. The molecule has 180 valence electrons. The molecule has 7 heteroatoms. The third-order valence-electron chi connectivity index (χ3n) is 4.99. The lowest BCUT2D eigenvalue weighted by Gasteiger charge is -2.03. The van der Waals surface area contributed by atoms with Gasteiger partial charge in [-0.25, -0.2) is 8.98 Å². The highest BCUT2D eigenvalue weighted by molar-refractivity contribution is 7.80. The molecule has 1 unspecified atom stereocenters. The summed E-state index contributed by atoms with van der Waals surface area (Å²) in [5.74, 6) is 3.28. The fourth-order valence-corrected chi connectivity index (χ4v) is 3.60. The molecule has 0 aliphatic heterocycles. The van der Waals surface area contributed by atoms with Crippen LogP contribution in [0.3, 0.4) is 0 Å². The average molecular weight is 459 g/mol. The van der Waals surface area contributed by atoms with Crippen LogP contribution >= 0.6 is 0 Å². The topological polar surface area (TPSA) is 101 Å². The summed E-state index contributed by atoms with van der Waals surface area (Å²) in [6.07, 6.45) is 23.0. The second kappa shape index (κ2) is 20.5. The van der Waals surface area contributed by atoms with E-state index in [1.54, 1.807) is 0 Å². The average Bonchev–Trinajstić information content (AvgIpc) is 2.70. The van der Waals surface area contributed by atoms with Gasteiger partial charge in [-0.3, -0.25) is 4.55 Å². The van der Waals surface area contributed by atoms with Gasteiger partial charge in [-0.15, -0.1) is 0 Å². The molecule has 0 radical (unpaired) electrons. The van der Waals surface area contributed by atoms with E-state index in [1.165, 1.54) is 83.5 Å². The Hall–Kier alpha value is -1.36. The SMILES string of the molecule is CCCCCCC=CCCCCCCCCCCCCC#CC(OS(=O)(=O)O)C(=O)O. The van der Waals surface area contributed by atoms with Crippen LogP contribution in [0.2, 0.25) is 0 Å². The van der Waals surface area contributed by atoms with Crippen molar-refractivity contribution in [3.63, 3.8) is 0 Å². The molecule has 0 saturated heterocycles. The molecule has 0 aromatic heterocycles. The molecule has 0 heterocycles. The molecule has 0 fully saturated rings. The first-order valence-corrected chi connectivity index (χ1v) is 13.2. The summed E-state index contributed by atoms with van der Waals surface area (Å²) in [6.45, 7) is 2.24. The Balaban J connectivity index is 3.46. The minimum atomic E-state index is -4.83. The van der Waals surface area contributed by atoms with E-state index in [9.17, 15) is 13.2 Å². The number of rotatable bonds is 20. The summed E-state index contributed by atoms with van der Waals surface area (Å²) >= 11 is 0.